The first-order valence-electron chi connectivity index (χ1n) is 9.97. The molecule has 1 fully saturated rings. The molecule has 154 valence electrons. The average molecular weight is 442 g/mol. The first-order valence-corrected chi connectivity index (χ1v) is 10.7. The molecule has 2 aromatic heterocycles. The highest BCUT2D eigenvalue weighted by atomic mass is 35.5. The molecule has 2 aromatic carbocycles. The lowest BCUT2D eigenvalue weighted by Gasteiger charge is -2.18. The molecular formula is C22H21Cl2N5O. The number of fused-ring (bicyclic) bond motifs is 3. The van der Waals surface area contributed by atoms with Crippen LogP contribution in [0.25, 0.3) is 21.9 Å². The Bertz CT molecular complexity index is 1300. The maximum atomic E-state index is 12.8. The van der Waals surface area contributed by atoms with Gasteiger partial charge in [-0.2, -0.15) is 0 Å². The van der Waals surface area contributed by atoms with Crippen molar-refractivity contribution in [2.75, 3.05) is 18.8 Å². The Morgan fingerprint density at radius 3 is 2.50 bits per heavy atom. The zero-order valence-electron chi connectivity index (χ0n) is 16.3. The van der Waals surface area contributed by atoms with E-state index in [2.05, 4.69) is 14.9 Å². The van der Waals surface area contributed by atoms with Crippen LogP contribution in [0, 0.1) is 0 Å². The fraction of sp³-hybridized carbons (Fsp3) is 0.273. The van der Waals surface area contributed by atoms with Gasteiger partial charge >= 0.3 is 5.69 Å². The monoisotopic (exact) mass is 441 g/mol. The van der Waals surface area contributed by atoms with Crippen LogP contribution in [0.4, 0.5) is 5.82 Å². The van der Waals surface area contributed by atoms with E-state index in [1.54, 1.807) is 4.57 Å². The molecule has 0 aliphatic carbocycles. The van der Waals surface area contributed by atoms with E-state index < -0.39 is 0 Å². The number of benzene rings is 2. The Morgan fingerprint density at radius 1 is 1.07 bits per heavy atom. The smallest absolute Gasteiger partial charge is 0.326 e. The molecule has 1 aliphatic heterocycles. The van der Waals surface area contributed by atoms with Crippen molar-refractivity contribution in [3.8, 4) is 0 Å². The molecule has 4 aromatic rings. The van der Waals surface area contributed by atoms with Gasteiger partial charge in [-0.15, -0.1) is 0 Å². The van der Waals surface area contributed by atoms with Gasteiger partial charge in [-0.25, -0.2) is 9.78 Å². The Kier molecular flexibility index (Phi) is 4.93. The van der Waals surface area contributed by atoms with Crippen LogP contribution in [0.1, 0.15) is 24.0 Å². The van der Waals surface area contributed by atoms with Crippen LogP contribution in [0.2, 0.25) is 10.0 Å². The van der Waals surface area contributed by atoms with Crippen molar-refractivity contribution < 1.29 is 0 Å². The number of imidazole rings is 1. The number of hydrogen-bond acceptors (Lipinski definition) is 4. The van der Waals surface area contributed by atoms with Gasteiger partial charge in [0.25, 0.3) is 0 Å². The van der Waals surface area contributed by atoms with Gasteiger partial charge in [0.1, 0.15) is 11.3 Å². The summed E-state index contributed by atoms with van der Waals surface area (Å²) in [5, 5.41) is 2.12. The lowest BCUT2D eigenvalue weighted by Crippen LogP contribution is -2.19. The van der Waals surface area contributed by atoms with Crippen LogP contribution in [0.15, 0.2) is 41.2 Å². The zero-order valence-corrected chi connectivity index (χ0v) is 17.8. The van der Waals surface area contributed by atoms with Gasteiger partial charge in [0.2, 0.25) is 0 Å². The quantitative estimate of drug-likeness (QED) is 0.491. The molecule has 30 heavy (non-hydrogen) atoms. The van der Waals surface area contributed by atoms with Gasteiger partial charge in [-0.1, -0.05) is 41.4 Å². The van der Waals surface area contributed by atoms with E-state index in [-0.39, 0.29) is 5.69 Å². The summed E-state index contributed by atoms with van der Waals surface area (Å²) in [7, 11) is 0. The number of hydrogen-bond donors (Lipinski definition) is 2. The summed E-state index contributed by atoms with van der Waals surface area (Å²) in [5.74, 6) is 0.302. The summed E-state index contributed by atoms with van der Waals surface area (Å²) in [6.07, 6.45) is 2.42. The number of anilines is 1. The molecule has 0 unspecified atom stereocenters. The van der Waals surface area contributed by atoms with Gasteiger partial charge in [0.15, 0.2) is 0 Å². The van der Waals surface area contributed by atoms with Crippen molar-refractivity contribution >= 4 is 51.0 Å². The fourth-order valence-corrected chi connectivity index (χ4v) is 4.94. The molecule has 3 heterocycles. The van der Waals surface area contributed by atoms with Crippen molar-refractivity contribution in [3.63, 3.8) is 0 Å². The Labute approximate surface area is 183 Å². The van der Waals surface area contributed by atoms with Gasteiger partial charge in [-0.05, 0) is 49.7 Å². The van der Waals surface area contributed by atoms with Crippen molar-refractivity contribution in [1.29, 1.82) is 0 Å². The van der Waals surface area contributed by atoms with Crippen LogP contribution in [0.5, 0.6) is 0 Å². The van der Waals surface area contributed by atoms with Crippen LogP contribution >= 0.6 is 23.2 Å². The summed E-state index contributed by atoms with van der Waals surface area (Å²) >= 11 is 13.2. The van der Waals surface area contributed by atoms with E-state index in [9.17, 15) is 4.79 Å². The fourth-order valence-electron chi connectivity index (χ4n) is 4.29. The Balaban J connectivity index is 1.57. The SMILES string of the molecule is Nc1nc2ccccc2c2c1[nH]c(=O)n2Cc1cc(Cl)c(CN2CCCC2)c(Cl)c1. The highest BCUT2D eigenvalue weighted by Gasteiger charge is 2.18. The number of nitrogens with two attached hydrogens (primary N) is 1. The third kappa shape index (κ3) is 3.35. The maximum Gasteiger partial charge on any atom is 0.326 e. The van der Waals surface area contributed by atoms with E-state index in [1.165, 1.54) is 12.8 Å². The second-order valence-corrected chi connectivity index (χ2v) is 8.59. The molecule has 8 heteroatoms. The lowest BCUT2D eigenvalue weighted by molar-refractivity contribution is 0.331. The van der Waals surface area contributed by atoms with E-state index in [0.29, 0.717) is 27.9 Å². The van der Waals surface area contributed by atoms with Gasteiger partial charge in [-0.3, -0.25) is 9.47 Å². The highest BCUT2D eigenvalue weighted by Crippen LogP contribution is 2.31. The zero-order chi connectivity index (χ0) is 20.8. The lowest BCUT2D eigenvalue weighted by atomic mass is 10.1. The summed E-state index contributed by atoms with van der Waals surface area (Å²) in [4.78, 5) is 22.4. The Morgan fingerprint density at radius 2 is 1.77 bits per heavy atom. The second-order valence-electron chi connectivity index (χ2n) is 7.78. The predicted molar refractivity (Wildman–Crippen MR) is 122 cm³/mol. The number of nitrogen functional groups attached to an aromatic ring is 1. The number of H-pyrrole nitrogens is 1. The normalized spacial score (nSPS) is 14.9. The first-order chi connectivity index (χ1) is 14.5. The van der Waals surface area contributed by atoms with Gasteiger partial charge < -0.3 is 10.7 Å². The number of halogens is 2. The number of nitrogens with one attached hydrogen (secondary N) is 1. The molecule has 6 nitrogen and oxygen atoms in total. The first kappa shape index (κ1) is 19.4. The number of para-hydroxylation sites is 1. The molecule has 0 saturated carbocycles. The minimum absolute atomic E-state index is 0.247. The van der Waals surface area contributed by atoms with Crippen LogP contribution in [0.3, 0.4) is 0 Å². The summed E-state index contributed by atoms with van der Waals surface area (Å²) in [5.41, 5.74) is 9.67. The van der Waals surface area contributed by atoms with Crippen LogP contribution in [-0.2, 0) is 13.1 Å². The molecule has 5 rings (SSSR count). The summed E-state index contributed by atoms with van der Waals surface area (Å²) in [6.45, 7) is 3.22. The van der Waals surface area contributed by atoms with Crippen molar-refractivity contribution in [3.05, 3.63) is 68.1 Å². The minimum Gasteiger partial charge on any atom is -0.382 e. The number of likely N-dealkylation sites (tertiary alicyclic amines) is 1. The predicted octanol–water partition coefficient (Wildman–Crippen LogP) is 4.41. The molecule has 1 aliphatic rings. The minimum atomic E-state index is -0.247. The van der Waals surface area contributed by atoms with E-state index in [4.69, 9.17) is 28.9 Å². The van der Waals surface area contributed by atoms with Crippen molar-refractivity contribution in [2.24, 2.45) is 0 Å². The second kappa shape index (κ2) is 7.61. The molecule has 0 spiro atoms. The van der Waals surface area contributed by atoms with Gasteiger partial charge in [0, 0.05) is 27.5 Å². The third-order valence-electron chi connectivity index (χ3n) is 5.76. The maximum absolute atomic E-state index is 12.8. The van der Waals surface area contributed by atoms with Crippen molar-refractivity contribution in [1.82, 2.24) is 19.4 Å². The van der Waals surface area contributed by atoms with E-state index in [1.807, 2.05) is 36.4 Å². The molecule has 0 amide bonds. The molecule has 0 bridgehead atoms. The number of nitrogens with zero attached hydrogens (tertiary/aromatic N) is 3. The van der Waals surface area contributed by atoms with Crippen molar-refractivity contribution in [2.45, 2.75) is 25.9 Å². The molecule has 1 saturated heterocycles. The molecule has 3 N–H and O–H groups in total. The van der Waals surface area contributed by atoms with Gasteiger partial charge in [0.05, 0.1) is 17.6 Å². The number of rotatable bonds is 4. The van der Waals surface area contributed by atoms with E-state index in [0.717, 1.165) is 47.2 Å². The average Bonchev–Trinajstić information content (AvgIpc) is 3.34. The molecular weight excluding hydrogens is 421 g/mol. The number of aromatic nitrogens is 3. The molecule has 0 atom stereocenters. The largest absolute Gasteiger partial charge is 0.382 e. The van der Waals surface area contributed by atoms with Crippen LogP contribution < -0.4 is 11.4 Å². The number of pyridine rings is 1. The highest BCUT2D eigenvalue weighted by molar-refractivity contribution is 6.36. The van der Waals surface area contributed by atoms with E-state index >= 15 is 0 Å². The topological polar surface area (TPSA) is 79.9 Å². The number of aromatic amines is 1. The summed E-state index contributed by atoms with van der Waals surface area (Å²) in [6, 6.07) is 11.4. The molecule has 0 radical (unpaired) electrons. The summed E-state index contributed by atoms with van der Waals surface area (Å²) < 4.78 is 1.66. The van der Waals surface area contributed by atoms with Crippen LogP contribution in [-0.4, -0.2) is 32.5 Å². The third-order valence-corrected chi connectivity index (χ3v) is 6.44. The standard InChI is InChI=1S/C22H21Cl2N5O/c23-16-9-13(10-17(24)15(16)12-28-7-3-4-8-28)11-29-20-14-5-1-2-6-18(14)26-21(25)19(20)27-22(29)30/h1-2,5-6,9-10H,3-4,7-8,11-12H2,(H2,25,26)(H,27,30). The Hall–Kier alpha value is -2.54.